The summed E-state index contributed by atoms with van der Waals surface area (Å²) < 4.78 is 0. The van der Waals surface area contributed by atoms with Crippen LogP contribution in [0.25, 0.3) is 0 Å². The maximum absolute atomic E-state index is 11.9. The Hall–Kier alpha value is -2.09. The summed E-state index contributed by atoms with van der Waals surface area (Å²) in [6.45, 7) is 3.91. The summed E-state index contributed by atoms with van der Waals surface area (Å²) in [5, 5.41) is 9.32. The van der Waals surface area contributed by atoms with E-state index >= 15 is 0 Å². The van der Waals surface area contributed by atoms with Gasteiger partial charge in [0.25, 0.3) is 5.91 Å². The molecule has 25 heavy (non-hydrogen) atoms. The summed E-state index contributed by atoms with van der Waals surface area (Å²) in [5.74, 6) is 0.644. The van der Waals surface area contributed by atoms with Crippen molar-refractivity contribution in [3.05, 3.63) is 71.3 Å². The average molecular weight is 452 g/mol. The van der Waals surface area contributed by atoms with Crippen molar-refractivity contribution in [2.75, 3.05) is 20.1 Å². The second-order valence-corrected chi connectivity index (χ2v) is 5.46. The molecule has 2 rings (SSSR count). The highest BCUT2D eigenvalue weighted by Crippen LogP contribution is 2.03. The maximum Gasteiger partial charge on any atom is 0.251 e. The second-order valence-electron chi connectivity index (χ2n) is 5.46. The van der Waals surface area contributed by atoms with Gasteiger partial charge >= 0.3 is 0 Å². The molecule has 5 nitrogen and oxygen atoms in total. The van der Waals surface area contributed by atoms with Crippen molar-refractivity contribution in [1.29, 1.82) is 0 Å². The van der Waals surface area contributed by atoms with Crippen LogP contribution in [0.15, 0.2) is 59.6 Å². The highest BCUT2D eigenvalue weighted by Gasteiger charge is 2.03. The normalized spacial score (nSPS) is 10.6. The molecule has 0 fully saturated rings. The number of carbonyl (C=O) groups is 1. The predicted molar refractivity (Wildman–Crippen MR) is 114 cm³/mol. The Morgan fingerprint density at radius 3 is 2.36 bits per heavy atom. The smallest absolute Gasteiger partial charge is 0.251 e. The van der Waals surface area contributed by atoms with Crippen LogP contribution in [0.2, 0.25) is 0 Å². The fourth-order valence-corrected chi connectivity index (χ4v) is 2.28. The van der Waals surface area contributed by atoms with Gasteiger partial charge in [-0.3, -0.25) is 9.79 Å². The minimum absolute atomic E-state index is 0. The highest BCUT2D eigenvalue weighted by molar-refractivity contribution is 14.0. The molecule has 0 unspecified atom stereocenters. The Morgan fingerprint density at radius 1 is 0.960 bits per heavy atom. The van der Waals surface area contributed by atoms with Gasteiger partial charge in [-0.25, -0.2) is 0 Å². The molecule has 3 N–H and O–H groups in total. The number of nitrogens with one attached hydrogen (secondary N) is 3. The van der Waals surface area contributed by atoms with Crippen LogP contribution in [0.1, 0.15) is 21.5 Å². The first-order valence-electron chi connectivity index (χ1n) is 8.02. The van der Waals surface area contributed by atoms with Gasteiger partial charge in [0.05, 0.1) is 0 Å². The SMILES string of the molecule is CN=C(NCCNC(=O)c1ccccc1)NCc1cccc(C)c1.I. The van der Waals surface area contributed by atoms with Crippen LogP contribution in [-0.4, -0.2) is 32.0 Å². The lowest BCUT2D eigenvalue weighted by molar-refractivity contribution is 0.0954. The number of nitrogens with zero attached hydrogens (tertiary/aromatic N) is 1. The molecule has 0 atom stereocenters. The quantitative estimate of drug-likeness (QED) is 0.273. The molecule has 6 heteroatoms. The highest BCUT2D eigenvalue weighted by atomic mass is 127. The third kappa shape index (κ3) is 7.55. The van der Waals surface area contributed by atoms with Crippen LogP contribution < -0.4 is 16.0 Å². The number of hydrogen-bond acceptors (Lipinski definition) is 2. The van der Waals surface area contributed by atoms with E-state index < -0.39 is 0 Å². The average Bonchev–Trinajstić information content (AvgIpc) is 2.61. The lowest BCUT2D eigenvalue weighted by Gasteiger charge is -2.12. The predicted octanol–water partition coefficient (Wildman–Crippen LogP) is 2.71. The van der Waals surface area contributed by atoms with E-state index in [-0.39, 0.29) is 29.9 Å². The van der Waals surface area contributed by atoms with Gasteiger partial charge in [0.1, 0.15) is 0 Å². The summed E-state index contributed by atoms with van der Waals surface area (Å²) in [6.07, 6.45) is 0. The Morgan fingerprint density at radius 2 is 1.68 bits per heavy atom. The van der Waals surface area contributed by atoms with Crippen molar-refractivity contribution in [2.24, 2.45) is 4.99 Å². The molecular formula is C19H25IN4O. The maximum atomic E-state index is 11.9. The largest absolute Gasteiger partial charge is 0.355 e. The van der Waals surface area contributed by atoms with E-state index in [2.05, 4.69) is 46.1 Å². The first-order chi connectivity index (χ1) is 11.7. The summed E-state index contributed by atoms with van der Waals surface area (Å²) in [5.41, 5.74) is 3.11. The Labute approximate surface area is 166 Å². The lowest BCUT2D eigenvalue weighted by Crippen LogP contribution is -2.41. The third-order valence-electron chi connectivity index (χ3n) is 3.51. The van der Waals surface area contributed by atoms with Crippen molar-refractivity contribution in [1.82, 2.24) is 16.0 Å². The van der Waals surface area contributed by atoms with E-state index in [9.17, 15) is 4.79 Å². The van der Waals surface area contributed by atoms with Gasteiger partial charge in [0, 0.05) is 32.2 Å². The number of halogens is 1. The van der Waals surface area contributed by atoms with E-state index in [0.29, 0.717) is 31.2 Å². The van der Waals surface area contributed by atoms with Crippen LogP contribution in [-0.2, 0) is 6.54 Å². The van der Waals surface area contributed by atoms with Crippen LogP contribution >= 0.6 is 24.0 Å². The lowest BCUT2D eigenvalue weighted by atomic mass is 10.1. The number of carbonyl (C=O) groups excluding carboxylic acids is 1. The molecule has 0 heterocycles. The van der Waals surface area contributed by atoms with Crippen LogP contribution in [0.5, 0.6) is 0 Å². The monoisotopic (exact) mass is 452 g/mol. The number of amides is 1. The Bertz CT molecular complexity index is 689. The fourth-order valence-electron chi connectivity index (χ4n) is 2.28. The Kier molecular flexibility index (Phi) is 9.61. The molecule has 0 bridgehead atoms. The first kappa shape index (κ1) is 21.0. The van der Waals surface area contributed by atoms with Gasteiger partial charge in [-0.05, 0) is 24.6 Å². The summed E-state index contributed by atoms with van der Waals surface area (Å²) in [4.78, 5) is 16.1. The summed E-state index contributed by atoms with van der Waals surface area (Å²) in [6, 6.07) is 17.5. The number of guanidine groups is 1. The molecular weight excluding hydrogens is 427 g/mol. The minimum Gasteiger partial charge on any atom is -0.355 e. The van der Waals surface area contributed by atoms with Crippen molar-refractivity contribution < 1.29 is 4.79 Å². The van der Waals surface area contributed by atoms with Crippen LogP contribution in [0, 0.1) is 6.92 Å². The third-order valence-corrected chi connectivity index (χ3v) is 3.51. The molecule has 0 saturated carbocycles. The zero-order chi connectivity index (χ0) is 17.2. The molecule has 134 valence electrons. The molecule has 0 radical (unpaired) electrons. The van der Waals surface area contributed by atoms with E-state index in [1.54, 1.807) is 19.2 Å². The molecule has 1 amide bonds. The molecule has 0 aromatic heterocycles. The van der Waals surface area contributed by atoms with E-state index in [1.165, 1.54) is 11.1 Å². The minimum atomic E-state index is -0.0693. The molecule has 2 aromatic rings. The zero-order valence-electron chi connectivity index (χ0n) is 14.6. The first-order valence-corrected chi connectivity index (χ1v) is 8.02. The summed E-state index contributed by atoms with van der Waals surface area (Å²) >= 11 is 0. The molecule has 0 aliphatic rings. The number of benzene rings is 2. The van der Waals surface area contributed by atoms with Crippen molar-refractivity contribution in [3.63, 3.8) is 0 Å². The fraction of sp³-hybridized carbons (Fsp3) is 0.263. The van der Waals surface area contributed by atoms with Crippen molar-refractivity contribution >= 4 is 35.8 Å². The molecule has 2 aromatic carbocycles. The van der Waals surface area contributed by atoms with Crippen LogP contribution in [0.3, 0.4) is 0 Å². The van der Waals surface area contributed by atoms with Gasteiger partial charge in [-0.2, -0.15) is 0 Å². The van der Waals surface area contributed by atoms with Crippen molar-refractivity contribution in [2.45, 2.75) is 13.5 Å². The number of hydrogen-bond donors (Lipinski definition) is 3. The number of rotatable bonds is 6. The standard InChI is InChI=1S/C19H24N4O.HI/c1-15-7-6-8-16(13-15)14-23-19(20-2)22-12-11-21-18(24)17-9-4-3-5-10-17;/h3-10,13H,11-12,14H2,1-2H3,(H,21,24)(H2,20,22,23);1H. The van der Waals surface area contributed by atoms with Crippen LogP contribution in [0.4, 0.5) is 0 Å². The van der Waals surface area contributed by atoms with Gasteiger partial charge in [-0.15, -0.1) is 24.0 Å². The van der Waals surface area contributed by atoms with E-state index in [0.717, 1.165) is 0 Å². The summed E-state index contributed by atoms with van der Waals surface area (Å²) in [7, 11) is 1.73. The van der Waals surface area contributed by atoms with Gasteiger partial charge in [-0.1, -0.05) is 48.0 Å². The topological polar surface area (TPSA) is 65.5 Å². The van der Waals surface area contributed by atoms with E-state index in [4.69, 9.17) is 0 Å². The van der Waals surface area contributed by atoms with Crippen molar-refractivity contribution in [3.8, 4) is 0 Å². The van der Waals surface area contributed by atoms with Gasteiger partial charge < -0.3 is 16.0 Å². The number of aliphatic imine (C=N–C) groups is 1. The molecule has 0 aliphatic carbocycles. The Balaban J connectivity index is 0.00000312. The van der Waals surface area contributed by atoms with E-state index in [1.807, 2.05) is 24.3 Å². The zero-order valence-corrected chi connectivity index (χ0v) is 16.9. The number of aryl methyl sites for hydroxylation is 1. The second kappa shape index (κ2) is 11.5. The molecule has 0 spiro atoms. The van der Waals surface area contributed by atoms with Gasteiger partial charge in [0.2, 0.25) is 0 Å². The molecule has 0 aliphatic heterocycles. The van der Waals surface area contributed by atoms with Gasteiger partial charge in [0.15, 0.2) is 5.96 Å². The molecule has 0 saturated heterocycles.